The molecular weight excluding hydrogens is 313 g/mol. The Morgan fingerprint density at radius 1 is 1.35 bits per heavy atom. The third-order valence-electron chi connectivity index (χ3n) is 3.09. The third kappa shape index (κ3) is 2.48. The van der Waals surface area contributed by atoms with E-state index >= 15 is 0 Å². The number of rotatable bonds is 2. The Bertz CT molecular complexity index is 920. The number of carbonyl (C=O) groups excluding carboxylic acids is 1. The average Bonchev–Trinajstić information content (AvgIpc) is 3.15. The standard InChI is InChI=1S/C13H7F3N6O/c14-13(15,16)12(23)21-10-2-1-9-11(8-4-18-19-5-8)7(3-17)6-20-22(9)10/h1-2,4-6H,(H,18,19)(H,21,23). The molecule has 2 N–H and O–H groups in total. The van der Waals surface area contributed by atoms with Crippen LogP contribution in [0.3, 0.4) is 0 Å². The molecule has 0 aliphatic carbocycles. The zero-order valence-electron chi connectivity index (χ0n) is 11.2. The summed E-state index contributed by atoms with van der Waals surface area (Å²) in [6.07, 6.45) is -0.795. The molecule has 3 rings (SSSR count). The van der Waals surface area contributed by atoms with Crippen molar-refractivity contribution < 1.29 is 18.0 Å². The number of aromatic nitrogens is 4. The van der Waals surface area contributed by atoms with E-state index in [1.165, 1.54) is 30.7 Å². The predicted molar refractivity (Wildman–Crippen MR) is 72.2 cm³/mol. The molecule has 0 unspecified atom stereocenters. The number of nitriles is 1. The van der Waals surface area contributed by atoms with Gasteiger partial charge in [-0.3, -0.25) is 9.89 Å². The molecule has 3 aromatic heterocycles. The van der Waals surface area contributed by atoms with Crippen molar-refractivity contribution in [3.63, 3.8) is 0 Å². The summed E-state index contributed by atoms with van der Waals surface area (Å²) in [6, 6.07) is 4.70. The molecule has 3 aromatic rings. The molecule has 0 fully saturated rings. The summed E-state index contributed by atoms with van der Waals surface area (Å²) in [4.78, 5) is 11.1. The molecule has 116 valence electrons. The van der Waals surface area contributed by atoms with Crippen LogP contribution < -0.4 is 5.32 Å². The fourth-order valence-corrected chi connectivity index (χ4v) is 2.12. The number of hydrogen-bond donors (Lipinski definition) is 2. The van der Waals surface area contributed by atoms with Crippen LogP contribution in [0.25, 0.3) is 16.6 Å². The maximum atomic E-state index is 12.4. The highest BCUT2D eigenvalue weighted by Gasteiger charge is 2.39. The summed E-state index contributed by atoms with van der Waals surface area (Å²) < 4.78 is 38.2. The number of aromatic amines is 1. The fraction of sp³-hybridized carbons (Fsp3) is 0.0769. The van der Waals surface area contributed by atoms with Crippen LogP contribution in [-0.2, 0) is 4.79 Å². The number of halogens is 3. The highest BCUT2D eigenvalue weighted by Crippen LogP contribution is 2.29. The Morgan fingerprint density at radius 3 is 2.74 bits per heavy atom. The van der Waals surface area contributed by atoms with E-state index in [1.54, 1.807) is 5.32 Å². The van der Waals surface area contributed by atoms with Crippen LogP contribution in [0.2, 0.25) is 0 Å². The van der Waals surface area contributed by atoms with Gasteiger partial charge >= 0.3 is 12.1 Å². The van der Waals surface area contributed by atoms with Crippen molar-refractivity contribution >= 4 is 17.2 Å². The first-order valence-corrected chi connectivity index (χ1v) is 6.20. The van der Waals surface area contributed by atoms with E-state index in [2.05, 4.69) is 15.3 Å². The summed E-state index contributed by atoms with van der Waals surface area (Å²) >= 11 is 0. The first kappa shape index (κ1) is 14.6. The largest absolute Gasteiger partial charge is 0.471 e. The molecule has 10 heteroatoms. The number of amides is 1. The Balaban J connectivity index is 2.15. The zero-order chi connectivity index (χ0) is 16.6. The van der Waals surface area contributed by atoms with Crippen molar-refractivity contribution in [1.82, 2.24) is 19.8 Å². The predicted octanol–water partition coefficient (Wildman–Crippen LogP) is 2.10. The lowest BCUT2D eigenvalue weighted by atomic mass is 10.1. The Labute approximate surface area is 126 Å². The highest BCUT2D eigenvalue weighted by molar-refractivity contribution is 5.95. The molecule has 0 aliphatic heterocycles. The summed E-state index contributed by atoms with van der Waals surface area (Å²) in [5.74, 6) is -2.26. The molecule has 3 heterocycles. The number of alkyl halides is 3. The first-order chi connectivity index (χ1) is 10.9. The van der Waals surface area contributed by atoms with Crippen molar-refractivity contribution in [2.45, 2.75) is 6.18 Å². The minimum Gasteiger partial charge on any atom is -0.303 e. The van der Waals surface area contributed by atoms with Gasteiger partial charge in [0.05, 0.1) is 23.5 Å². The van der Waals surface area contributed by atoms with Gasteiger partial charge in [0.2, 0.25) is 0 Å². The summed E-state index contributed by atoms with van der Waals surface area (Å²) in [7, 11) is 0. The number of nitrogens with one attached hydrogen (secondary N) is 2. The lowest BCUT2D eigenvalue weighted by Crippen LogP contribution is -2.30. The van der Waals surface area contributed by atoms with Gasteiger partial charge < -0.3 is 5.32 Å². The van der Waals surface area contributed by atoms with Crippen molar-refractivity contribution in [1.29, 1.82) is 5.26 Å². The van der Waals surface area contributed by atoms with Gasteiger partial charge in [-0.25, -0.2) is 4.52 Å². The highest BCUT2D eigenvalue weighted by atomic mass is 19.4. The Kier molecular flexibility index (Phi) is 3.25. The summed E-state index contributed by atoms with van der Waals surface area (Å²) in [5.41, 5.74) is 1.61. The minimum atomic E-state index is -5.01. The normalized spacial score (nSPS) is 11.4. The zero-order valence-corrected chi connectivity index (χ0v) is 11.2. The molecule has 0 spiro atoms. The topological polar surface area (TPSA) is 98.9 Å². The van der Waals surface area contributed by atoms with Crippen molar-refractivity contribution in [2.24, 2.45) is 0 Å². The molecule has 1 amide bonds. The van der Waals surface area contributed by atoms with E-state index < -0.39 is 12.1 Å². The van der Waals surface area contributed by atoms with E-state index in [0.717, 1.165) is 4.52 Å². The second-order valence-electron chi connectivity index (χ2n) is 4.50. The molecule has 0 saturated heterocycles. The van der Waals surface area contributed by atoms with Crippen molar-refractivity contribution in [3.8, 4) is 17.2 Å². The maximum Gasteiger partial charge on any atom is 0.471 e. The quantitative estimate of drug-likeness (QED) is 0.755. The number of nitrogens with zero attached hydrogens (tertiary/aromatic N) is 4. The van der Waals surface area contributed by atoms with Gasteiger partial charge in [-0.1, -0.05) is 0 Å². The van der Waals surface area contributed by atoms with Gasteiger partial charge in [-0.15, -0.1) is 0 Å². The lowest BCUT2D eigenvalue weighted by Gasteiger charge is -2.09. The lowest BCUT2D eigenvalue weighted by molar-refractivity contribution is -0.167. The van der Waals surface area contributed by atoms with Gasteiger partial charge in [0.25, 0.3) is 0 Å². The number of anilines is 1. The van der Waals surface area contributed by atoms with Crippen LogP contribution >= 0.6 is 0 Å². The van der Waals surface area contributed by atoms with E-state index in [1.807, 2.05) is 6.07 Å². The fourth-order valence-electron chi connectivity index (χ4n) is 2.12. The smallest absolute Gasteiger partial charge is 0.303 e. The van der Waals surface area contributed by atoms with Gasteiger partial charge in [0.1, 0.15) is 11.9 Å². The molecular formula is C13H7F3N6O. The summed E-state index contributed by atoms with van der Waals surface area (Å²) in [5, 5.41) is 21.2. The Hall–Kier alpha value is -3.35. The molecule has 0 saturated carbocycles. The van der Waals surface area contributed by atoms with Crippen LogP contribution in [0.1, 0.15) is 5.56 Å². The van der Waals surface area contributed by atoms with Crippen LogP contribution in [0, 0.1) is 11.3 Å². The van der Waals surface area contributed by atoms with Crippen LogP contribution in [0.5, 0.6) is 0 Å². The summed E-state index contributed by atoms with van der Waals surface area (Å²) in [6.45, 7) is 0. The molecule has 0 aromatic carbocycles. The SMILES string of the molecule is N#Cc1cnn2c(NC(=O)C(F)(F)F)ccc2c1-c1cn[nH]c1. The second-order valence-corrected chi connectivity index (χ2v) is 4.50. The molecule has 0 atom stereocenters. The van der Waals surface area contributed by atoms with Gasteiger partial charge in [0.15, 0.2) is 0 Å². The van der Waals surface area contributed by atoms with Gasteiger partial charge in [0, 0.05) is 17.3 Å². The first-order valence-electron chi connectivity index (χ1n) is 6.20. The second kappa shape index (κ2) is 5.13. The van der Waals surface area contributed by atoms with Crippen LogP contribution in [0.4, 0.5) is 19.0 Å². The molecule has 0 aliphatic rings. The van der Waals surface area contributed by atoms with Gasteiger partial charge in [-0.2, -0.15) is 28.6 Å². The van der Waals surface area contributed by atoms with Crippen LogP contribution in [-0.4, -0.2) is 31.9 Å². The van der Waals surface area contributed by atoms with Gasteiger partial charge in [-0.05, 0) is 12.1 Å². The van der Waals surface area contributed by atoms with E-state index in [9.17, 15) is 23.2 Å². The van der Waals surface area contributed by atoms with Crippen molar-refractivity contribution in [3.05, 3.63) is 36.3 Å². The van der Waals surface area contributed by atoms with E-state index in [-0.39, 0.29) is 11.4 Å². The Morgan fingerprint density at radius 2 is 2.13 bits per heavy atom. The number of hydrogen-bond acceptors (Lipinski definition) is 4. The molecule has 7 nitrogen and oxygen atoms in total. The van der Waals surface area contributed by atoms with Crippen LogP contribution in [0.15, 0.2) is 30.7 Å². The number of fused-ring (bicyclic) bond motifs is 1. The average molecular weight is 320 g/mol. The molecule has 0 radical (unpaired) electrons. The van der Waals surface area contributed by atoms with E-state index in [0.29, 0.717) is 16.6 Å². The number of H-pyrrole nitrogens is 1. The monoisotopic (exact) mass is 320 g/mol. The van der Waals surface area contributed by atoms with E-state index in [4.69, 9.17) is 0 Å². The molecule has 0 bridgehead atoms. The third-order valence-corrected chi connectivity index (χ3v) is 3.09. The minimum absolute atomic E-state index is 0.156. The maximum absolute atomic E-state index is 12.4. The molecule has 23 heavy (non-hydrogen) atoms. The van der Waals surface area contributed by atoms with Crippen molar-refractivity contribution in [2.75, 3.05) is 5.32 Å². The number of carbonyl (C=O) groups is 1.